The fourth-order valence-electron chi connectivity index (χ4n) is 0.292. The number of rotatable bonds is 1. The monoisotopic (exact) mass is 129 g/mol. The maximum Gasteiger partial charge on any atom is 0.100 e. The van der Waals surface area contributed by atoms with Crippen LogP contribution in [0.1, 0.15) is 6.92 Å². The molecule has 0 aliphatic rings. The average molecular weight is 129 g/mol. The fraction of sp³-hybridized carbons (Fsp3) is 0.500. The van der Waals surface area contributed by atoms with Gasteiger partial charge in [-0.2, -0.15) is 0 Å². The quantitative estimate of drug-likeness (QED) is 0.389. The van der Waals surface area contributed by atoms with E-state index in [1.54, 1.807) is 0 Å². The highest BCUT2D eigenvalue weighted by Gasteiger charge is 1.87. The first-order valence-corrected chi connectivity index (χ1v) is 2.93. The minimum absolute atomic E-state index is 0.868. The lowest BCUT2D eigenvalue weighted by Gasteiger charge is -2.07. The third-order valence-electron chi connectivity index (χ3n) is 0.750. The van der Waals surface area contributed by atoms with Crippen molar-refractivity contribution < 1.29 is 0 Å². The minimum Gasteiger partial charge on any atom is -0.369 e. The molecule has 0 saturated heterocycles. The molecule has 0 amide bonds. The van der Waals surface area contributed by atoms with E-state index >= 15 is 0 Å². The van der Waals surface area contributed by atoms with Crippen LogP contribution in [0.5, 0.6) is 0 Å². The largest absolute Gasteiger partial charge is 0.369 e. The predicted molar refractivity (Wildman–Crippen MR) is 41.1 cm³/mol. The Hall–Kier alpha value is -0.370. The number of likely N-dealkylation sites (N-methyl/N-ethyl adjacent to an activating group) is 1. The van der Waals surface area contributed by atoms with Crippen LogP contribution in [0.3, 0.4) is 0 Å². The summed E-state index contributed by atoms with van der Waals surface area (Å²) in [7, 11) is 3.87. The van der Waals surface area contributed by atoms with Crippen LogP contribution in [0.25, 0.3) is 0 Å². The Morgan fingerprint density at radius 1 is 1.50 bits per heavy atom. The van der Waals surface area contributed by atoms with E-state index in [4.69, 9.17) is 12.2 Å². The molecular formula is C6H11NS. The van der Waals surface area contributed by atoms with E-state index in [2.05, 4.69) is 0 Å². The van der Waals surface area contributed by atoms with Crippen molar-refractivity contribution in [2.24, 2.45) is 0 Å². The van der Waals surface area contributed by atoms with Gasteiger partial charge in [-0.3, -0.25) is 0 Å². The van der Waals surface area contributed by atoms with Crippen LogP contribution >= 0.6 is 12.2 Å². The summed E-state index contributed by atoms with van der Waals surface area (Å²) in [6, 6.07) is 0. The average Bonchev–Trinajstić information content (AvgIpc) is 1.67. The van der Waals surface area contributed by atoms with Crippen molar-refractivity contribution in [1.29, 1.82) is 0 Å². The van der Waals surface area contributed by atoms with E-state index in [1.807, 2.05) is 38.1 Å². The zero-order valence-electron chi connectivity index (χ0n) is 5.51. The summed E-state index contributed by atoms with van der Waals surface area (Å²) >= 11 is 4.92. The van der Waals surface area contributed by atoms with E-state index in [1.165, 1.54) is 0 Å². The van der Waals surface area contributed by atoms with Crippen LogP contribution < -0.4 is 0 Å². The smallest absolute Gasteiger partial charge is 0.100 e. The highest BCUT2D eigenvalue weighted by molar-refractivity contribution is 7.80. The summed E-state index contributed by atoms with van der Waals surface area (Å²) in [5, 5.41) is 0. The van der Waals surface area contributed by atoms with Gasteiger partial charge in [0.05, 0.1) is 0 Å². The Morgan fingerprint density at radius 3 is 2.12 bits per heavy atom. The third kappa shape index (κ3) is 2.75. The Morgan fingerprint density at radius 2 is 2.00 bits per heavy atom. The van der Waals surface area contributed by atoms with Gasteiger partial charge in [-0.25, -0.2) is 0 Å². The van der Waals surface area contributed by atoms with Gasteiger partial charge >= 0.3 is 0 Å². The number of hydrogen-bond donors (Lipinski definition) is 0. The van der Waals surface area contributed by atoms with E-state index in [9.17, 15) is 0 Å². The van der Waals surface area contributed by atoms with Crippen LogP contribution in [0.4, 0.5) is 0 Å². The van der Waals surface area contributed by atoms with Crippen molar-refractivity contribution in [3.05, 3.63) is 12.2 Å². The van der Waals surface area contributed by atoms with Crippen molar-refractivity contribution in [1.82, 2.24) is 4.90 Å². The predicted octanol–water partition coefficient (Wildman–Crippen LogP) is 1.45. The molecule has 0 bridgehead atoms. The molecule has 0 aromatic rings. The van der Waals surface area contributed by atoms with E-state index in [-0.39, 0.29) is 0 Å². The van der Waals surface area contributed by atoms with Gasteiger partial charge in [0, 0.05) is 14.1 Å². The number of allylic oxidation sites excluding steroid dienone is 1. The molecule has 0 fully saturated rings. The topological polar surface area (TPSA) is 3.24 Å². The molecule has 0 unspecified atom stereocenters. The molecular weight excluding hydrogens is 118 g/mol. The SMILES string of the molecule is C/C=C/C(=S)N(C)C. The lowest BCUT2D eigenvalue weighted by atomic mass is 10.5. The standard InChI is InChI=1S/C6H11NS/c1-4-5-6(8)7(2)3/h4-5H,1-3H3/b5-4+. The minimum atomic E-state index is 0.868. The van der Waals surface area contributed by atoms with Crippen LogP contribution in [0, 0.1) is 0 Å². The Balaban J connectivity index is 3.66. The van der Waals surface area contributed by atoms with Crippen molar-refractivity contribution in [2.75, 3.05) is 14.1 Å². The maximum absolute atomic E-state index is 4.92. The van der Waals surface area contributed by atoms with Gasteiger partial charge in [0.15, 0.2) is 0 Å². The first-order chi connectivity index (χ1) is 3.68. The summed E-state index contributed by atoms with van der Waals surface area (Å²) < 4.78 is 0. The molecule has 0 radical (unpaired) electrons. The Bertz CT molecular complexity index is 105. The fourth-order valence-corrected chi connectivity index (χ4v) is 0.428. The molecule has 0 aliphatic heterocycles. The maximum atomic E-state index is 4.92. The van der Waals surface area contributed by atoms with Gasteiger partial charge in [-0.15, -0.1) is 0 Å². The molecule has 0 atom stereocenters. The van der Waals surface area contributed by atoms with Crippen molar-refractivity contribution in [3.63, 3.8) is 0 Å². The lowest BCUT2D eigenvalue weighted by Crippen LogP contribution is -2.16. The van der Waals surface area contributed by atoms with E-state index < -0.39 is 0 Å². The summed E-state index contributed by atoms with van der Waals surface area (Å²) in [5.41, 5.74) is 0. The van der Waals surface area contributed by atoms with Gasteiger partial charge in [-0.1, -0.05) is 18.3 Å². The molecule has 46 valence electrons. The molecule has 0 saturated carbocycles. The summed E-state index contributed by atoms with van der Waals surface area (Å²) in [6.07, 6.45) is 3.83. The molecule has 0 aromatic heterocycles. The number of hydrogen-bond acceptors (Lipinski definition) is 1. The first-order valence-electron chi connectivity index (χ1n) is 2.52. The van der Waals surface area contributed by atoms with Gasteiger partial charge in [0.2, 0.25) is 0 Å². The highest BCUT2D eigenvalue weighted by Crippen LogP contribution is 1.83. The zero-order valence-corrected chi connectivity index (χ0v) is 6.33. The van der Waals surface area contributed by atoms with Gasteiger partial charge < -0.3 is 4.90 Å². The Labute approximate surface area is 56.0 Å². The molecule has 0 aliphatic carbocycles. The first kappa shape index (κ1) is 7.63. The van der Waals surface area contributed by atoms with Crippen LogP contribution in [0.2, 0.25) is 0 Å². The van der Waals surface area contributed by atoms with Gasteiger partial charge in [0.1, 0.15) is 4.99 Å². The summed E-state index contributed by atoms with van der Waals surface area (Å²) in [5.74, 6) is 0. The molecule has 0 rings (SSSR count). The summed E-state index contributed by atoms with van der Waals surface area (Å²) in [6.45, 7) is 1.95. The second kappa shape index (κ2) is 3.61. The Kier molecular flexibility index (Phi) is 3.44. The van der Waals surface area contributed by atoms with E-state index in [0.717, 1.165) is 4.99 Å². The normalized spacial score (nSPS) is 9.88. The molecule has 8 heavy (non-hydrogen) atoms. The van der Waals surface area contributed by atoms with Crippen molar-refractivity contribution in [3.8, 4) is 0 Å². The highest BCUT2D eigenvalue weighted by atomic mass is 32.1. The molecule has 2 heteroatoms. The zero-order chi connectivity index (χ0) is 6.57. The number of nitrogens with zero attached hydrogens (tertiary/aromatic N) is 1. The molecule has 0 aromatic carbocycles. The van der Waals surface area contributed by atoms with Crippen molar-refractivity contribution >= 4 is 17.2 Å². The van der Waals surface area contributed by atoms with Crippen molar-refractivity contribution in [2.45, 2.75) is 6.92 Å². The molecule has 0 N–H and O–H groups in total. The second-order valence-corrected chi connectivity index (χ2v) is 2.15. The van der Waals surface area contributed by atoms with E-state index in [0.29, 0.717) is 0 Å². The van der Waals surface area contributed by atoms with Crippen LogP contribution in [-0.4, -0.2) is 24.0 Å². The molecule has 1 nitrogen and oxygen atoms in total. The van der Waals surface area contributed by atoms with Crippen LogP contribution in [-0.2, 0) is 0 Å². The molecule has 0 heterocycles. The molecule has 0 spiro atoms. The lowest BCUT2D eigenvalue weighted by molar-refractivity contribution is 0.639. The van der Waals surface area contributed by atoms with Crippen LogP contribution in [0.15, 0.2) is 12.2 Å². The third-order valence-corrected chi connectivity index (χ3v) is 1.25. The van der Waals surface area contributed by atoms with Gasteiger partial charge in [-0.05, 0) is 13.0 Å². The summed E-state index contributed by atoms with van der Waals surface area (Å²) in [4.78, 5) is 2.77. The number of thiocarbonyl (C=S) groups is 1. The van der Waals surface area contributed by atoms with Gasteiger partial charge in [0.25, 0.3) is 0 Å². The second-order valence-electron chi connectivity index (χ2n) is 1.73.